The fourth-order valence-corrected chi connectivity index (χ4v) is 2.70. The van der Waals surface area contributed by atoms with Crippen molar-refractivity contribution in [1.29, 1.82) is 0 Å². The molecule has 0 saturated heterocycles. The Kier molecular flexibility index (Phi) is 5.19. The summed E-state index contributed by atoms with van der Waals surface area (Å²) in [5, 5.41) is 0. The molecule has 0 heterocycles. The second kappa shape index (κ2) is 6.97. The predicted molar refractivity (Wildman–Crippen MR) is 89.9 cm³/mol. The number of sulfone groups is 1. The number of ether oxygens (including phenoxy) is 1. The number of benzene rings is 2. The Morgan fingerprint density at radius 1 is 0.917 bits per heavy atom. The van der Waals surface area contributed by atoms with Gasteiger partial charge in [-0.05, 0) is 38.1 Å². The van der Waals surface area contributed by atoms with Crippen LogP contribution in [0.3, 0.4) is 0 Å². The maximum absolute atomic E-state index is 12.3. The molecule has 2 aromatic carbocycles. The molecule has 0 spiro atoms. The number of rotatable bonds is 5. The Labute approximate surface area is 141 Å². The summed E-state index contributed by atoms with van der Waals surface area (Å²) >= 11 is 0. The molecule has 1 atom stereocenters. The van der Waals surface area contributed by atoms with Gasteiger partial charge in [-0.2, -0.15) is 0 Å². The molecule has 0 aliphatic rings. The molecule has 1 unspecified atom stereocenters. The van der Waals surface area contributed by atoms with Crippen molar-refractivity contribution in [2.24, 2.45) is 0 Å². The van der Waals surface area contributed by atoms with E-state index in [1.165, 1.54) is 31.2 Å². The van der Waals surface area contributed by atoms with Crippen LogP contribution >= 0.6 is 0 Å². The average Bonchev–Trinajstić information content (AvgIpc) is 2.54. The molecule has 0 aliphatic heterocycles. The zero-order valence-corrected chi connectivity index (χ0v) is 14.5. The van der Waals surface area contributed by atoms with Crippen molar-refractivity contribution < 1.29 is 22.7 Å². The van der Waals surface area contributed by atoms with Crippen LogP contribution in [0.2, 0.25) is 0 Å². The average molecular weight is 346 g/mol. The fourth-order valence-electron chi connectivity index (χ4n) is 2.07. The maximum atomic E-state index is 12.3. The van der Waals surface area contributed by atoms with E-state index in [2.05, 4.69) is 0 Å². The quantitative estimate of drug-likeness (QED) is 0.614. The van der Waals surface area contributed by atoms with Gasteiger partial charge in [-0.15, -0.1) is 0 Å². The summed E-state index contributed by atoms with van der Waals surface area (Å²) in [7, 11) is -3.33. The van der Waals surface area contributed by atoms with Crippen LogP contribution in [0.5, 0.6) is 0 Å². The summed E-state index contributed by atoms with van der Waals surface area (Å²) in [4.78, 5) is 24.4. The van der Waals surface area contributed by atoms with Gasteiger partial charge in [0.05, 0.1) is 10.5 Å². The number of carbonyl (C=O) groups excluding carboxylic acids is 2. The van der Waals surface area contributed by atoms with E-state index in [-0.39, 0.29) is 16.2 Å². The molecule has 126 valence electrons. The van der Waals surface area contributed by atoms with Crippen molar-refractivity contribution in [1.82, 2.24) is 0 Å². The first-order valence-corrected chi connectivity index (χ1v) is 9.19. The van der Waals surface area contributed by atoms with Crippen LogP contribution in [-0.2, 0) is 14.6 Å². The molecule has 2 aromatic rings. The number of ketones is 1. The first kappa shape index (κ1) is 17.9. The maximum Gasteiger partial charge on any atom is 0.338 e. The summed E-state index contributed by atoms with van der Waals surface area (Å²) in [5.41, 5.74) is 1.68. The van der Waals surface area contributed by atoms with Crippen LogP contribution in [0.25, 0.3) is 0 Å². The van der Waals surface area contributed by atoms with Gasteiger partial charge in [0, 0.05) is 11.8 Å². The third kappa shape index (κ3) is 4.29. The van der Waals surface area contributed by atoms with Gasteiger partial charge in [-0.1, -0.05) is 29.8 Å². The van der Waals surface area contributed by atoms with Gasteiger partial charge in [-0.25, -0.2) is 13.2 Å². The third-order valence-corrected chi connectivity index (χ3v) is 4.64. The monoisotopic (exact) mass is 346 g/mol. The first-order valence-electron chi connectivity index (χ1n) is 7.30. The number of aryl methyl sites for hydroxylation is 1. The van der Waals surface area contributed by atoms with Crippen LogP contribution in [-0.4, -0.2) is 32.5 Å². The highest BCUT2D eigenvalue weighted by atomic mass is 32.2. The van der Waals surface area contributed by atoms with E-state index < -0.39 is 21.9 Å². The normalized spacial score (nSPS) is 12.5. The van der Waals surface area contributed by atoms with Crippen molar-refractivity contribution in [3.8, 4) is 0 Å². The Morgan fingerprint density at radius 2 is 1.42 bits per heavy atom. The summed E-state index contributed by atoms with van der Waals surface area (Å²) in [5.74, 6) is -0.973. The van der Waals surface area contributed by atoms with E-state index in [0.29, 0.717) is 5.56 Å². The van der Waals surface area contributed by atoms with Crippen molar-refractivity contribution in [2.45, 2.75) is 24.8 Å². The van der Waals surface area contributed by atoms with Crippen LogP contribution in [0.15, 0.2) is 53.4 Å². The Bertz CT molecular complexity index is 849. The minimum atomic E-state index is -3.33. The predicted octanol–water partition coefficient (Wildman–Crippen LogP) is 2.83. The van der Waals surface area contributed by atoms with E-state index in [0.717, 1.165) is 11.8 Å². The lowest BCUT2D eigenvalue weighted by atomic mass is 10.1. The van der Waals surface area contributed by atoms with E-state index >= 15 is 0 Å². The molecule has 5 nitrogen and oxygen atoms in total. The van der Waals surface area contributed by atoms with Crippen molar-refractivity contribution in [3.05, 3.63) is 65.2 Å². The fraction of sp³-hybridized carbons (Fsp3) is 0.222. The minimum Gasteiger partial charge on any atom is -0.451 e. The third-order valence-electron chi connectivity index (χ3n) is 3.51. The first-order chi connectivity index (χ1) is 11.2. The standard InChI is InChI=1S/C18H18O5S/c1-12-4-6-14(7-5-12)17(19)13(2)23-18(20)15-8-10-16(11-9-15)24(3,21)22/h4-11,13H,1-3H3. The molecular weight excluding hydrogens is 328 g/mol. The van der Waals surface area contributed by atoms with E-state index in [1.54, 1.807) is 12.1 Å². The van der Waals surface area contributed by atoms with E-state index in [1.807, 2.05) is 19.1 Å². The Hall–Kier alpha value is -2.47. The summed E-state index contributed by atoms with van der Waals surface area (Å²) in [6.07, 6.45) is 0.151. The lowest BCUT2D eigenvalue weighted by molar-refractivity contribution is 0.0318. The van der Waals surface area contributed by atoms with Crippen molar-refractivity contribution in [2.75, 3.05) is 6.26 Å². The molecule has 0 bridgehead atoms. The van der Waals surface area contributed by atoms with Gasteiger partial charge in [0.2, 0.25) is 5.78 Å². The van der Waals surface area contributed by atoms with Crippen molar-refractivity contribution in [3.63, 3.8) is 0 Å². The molecule has 0 N–H and O–H groups in total. The number of hydrogen-bond donors (Lipinski definition) is 0. The smallest absolute Gasteiger partial charge is 0.338 e. The molecule has 24 heavy (non-hydrogen) atoms. The lowest BCUT2D eigenvalue weighted by Crippen LogP contribution is -2.24. The summed E-state index contributed by atoms with van der Waals surface area (Å²) < 4.78 is 28.0. The molecule has 0 aromatic heterocycles. The Morgan fingerprint density at radius 3 is 1.92 bits per heavy atom. The lowest BCUT2D eigenvalue weighted by Gasteiger charge is -2.12. The molecule has 0 saturated carbocycles. The topological polar surface area (TPSA) is 77.5 Å². The number of carbonyl (C=O) groups is 2. The van der Waals surface area contributed by atoms with Crippen LogP contribution in [0.4, 0.5) is 0 Å². The van der Waals surface area contributed by atoms with Crippen molar-refractivity contribution >= 4 is 21.6 Å². The number of esters is 1. The van der Waals surface area contributed by atoms with Gasteiger partial charge < -0.3 is 4.74 Å². The zero-order chi connectivity index (χ0) is 17.9. The Balaban J connectivity index is 2.08. The van der Waals surface area contributed by atoms with E-state index in [4.69, 9.17) is 4.74 Å². The second-order valence-corrected chi connectivity index (χ2v) is 7.59. The van der Waals surface area contributed by atoms with Gasteiger partial charge in [0.15, 0.2) is 15.9 Å². The molecule has 6 heteroatoms. The largest absolute Gasteiger partial charge is 0.451 e. The highest BCUT2D eigenvalue weighted by Gasteiger charge is 2.20. The molecule has 0 aliphatic carbocycles. The number of Topliss-reactive ketones (excluding diaryl/α,β-unsaturated/α-hetero) is 1. The summed E-state index contributed by atoms with van der Waals surface area (Å²) in [6, 6.07) is 12.4. The van der Waals surface area contributed by atoms with Gasteiger partial charge in [0.25, 0.3) is 0 Å². The van der Waals surface area contributed by atoms with Gasteiger partial charge >= 0.3 is 5.97 Å². The second-order valence-electron chi connectivity index (χ2n) is 5.57. The SMILES string of the molecule is Cc1ccc(C(=O)C(C)OC(=O)c2ccc(S(C)(=O)=O)cc2)cc1. The molecule has 0 amide bonds. The molecule has 2 rings (SSSR count). The van der Waals surface area contributed by atoms with Crippen LogP contribution in [0.1, 0.15) is 33.2 Å². The molecule has 0 fully saturated rings. The van der Waals surface area contributed by atoms with Gasteiger partial charge in [0.1, 0.15) is 0 Å². The van der Waals surface area contributed by atoms with Gasteiger partial charge in [-0.3, -0.25) is 4.79 Å². The highest BCUT2D eigenvalue weighted by Crippen LogP contribution is 2.14. The molecular formula is C18H18O5S. The number of hydrogen-bond acceptors (Lipinski definition) is 5. The van der Waals surface area contributed by atoms with Crippen LogP contribution in [0, 0.1) is 6.92 Å². The van der Waals surface area contributed by atoms with Crippen LogP contribution < -0.4 is 0 Å². The highest BCUT2D eigenvalue weighted by molar-refractivity contribution is 7.90. The minimum absolute atomic E-state index is 0.114. The van der Waals surface area contributed by atoms with E-state index in [9.17, 15) is 18.0 Å². The summed E-state index contributed by atoms with van der Waals surface area (Å²) in [6.45, 7) is 3.42. The molecule has 0 radical (unpaired) electrons. The zero-order valence-electron chi connectivity index (χ0n) is 13.6.